The number of nitrogens with zero attached hydrogens (tertiary/aromatic N) is 2. The Morgan fingerprint density at radius 2 is 1.93 bits per heavy atom. The second-order valence-electron chi connectivity index (χ2n) is 6.82. The molecule has 2 aromatic heterocycles. The first-order valence-electron chi connectivity index (χ1n) is 9.07. The maximum Gasteiger partial charge on any atom is 0.221 e. The number of anilines is 2. The zero-order chi connectivity index (χ0) is 19.7. The molecule has 1 amide bonds. The monoisotopic (exact) mass is 391 g/mol. The van der Waals surface area contributed by atoms with Crippen molar-refractivity contribution in [2.75, 3.05) is 10.2 Å². The van der Waals surface area contributed by atoms with Crippen LogP contribution < -0.4 is 15.5 Å². The Labute approximate surface area is 169 Å². The van der Waals surface area contributed by atoms with Crippen LogP contribution in [0, 0.1) is 6.92 Å². The fourth-order valence-corrected chi connectivity index (χ4v) is 3.90. The number of aryl methyl sites for hydroxylation is 1. The fourth-order valence-electron chi connectivity index (χ4n) is 3.56. The van der Waals surface area contributed by atoms with Gasteiger partial charge in [0.25, 0.3) is 0 Å². The number of hydrogen-bond acceptors (Lipinski definition) is 3. The molecule has 2 atom stereocenters. The maximum atomic E-state index is 11.3. The van der Waals surface area contributed by atoms with Gasteiger partial charge in [-0.05, 0) is 67.7 Å². The van der Waals surface area contributed by atoms with E-state index in [-0.39, 0.29) is 18.0 Å². The summed E-state index contributed by atoms with van der Waals surface area (Å²) >= 11 is 5.69. The lowest BCUT2D eigenvalue weighted by Crippen LogP contribution is -2.29. The van der Waals surface area contributed by atoms with Crippen molar-refractivity contribution in [2.24, 2.45) is 0 Å². The quantitative estimate of drug-likeness (QED) is 0.589. The molecule has 6 nitrogen and oxygen atoms in total. The topological polar surface area (TPSA) is 73.1 Å². The predicted octanol–water partition coefficient (Wildman–Crippen LogP) is 3.85. The SMILES string of the molecule is CC(=O)Nc1ccc(N2C(=S)N[C@@H](c3ccccn3)[C@H]2c2ccc(C)[nH]2)cc1. The van der Waals surface area contributed by atoms with Crippen molar-refractivity contribution in [3.63, 3.8) is 0 Å². The minimum Gasteiger partial charge on any atom is -0.361 e. The molecular formula is C21H21N5OS. The van der Waals surface area contributed by atoms with Gasteiger partial charge in [0.15, 0.2) is 5.11 Å². The van der Waals surface area contributed by atoms with Crippen LogP contribution in [-0.2, 0) is 4.79 Å². The van der Waals surface area contributed by atoms with E-state index in [0.717, 1.165) is 28.5 Å². The molecule has 142 valence electrons. The highest BCUT2D eigenvalue weighted by Crippen LogP contribution is 2.41. The van der Waals surface area contributed by atoms with Gasteiger partial charge in [-0.3, -0.25) is 9.78 Å². The molecule has 0 radical (unpaired) electrons. The van der Waals surface area contributed by atoms with Gasteiger partial charge in [-0.2, -0.15) is 0 Å². The van der Waals surface area contributed by atoms with E-state index in [1.54, 1.807) is 6.20 Å². The lowest BCUT2D eigenvalue weighted by molar-refractivity contribution is -0.114. The summed E-state index contributed by atoms with van der Waals surface area (Å²) in [5.41, 5.74) is 4.78. The molecule has 1 fully saturated rings. The average Bonchev–Trinajstić information content (AvgIpc) is 3.26. The van der Waals surface area contributed by atoms with Crippen LogP contribution in [0.15, 0.2) is 60.8 Å². The Balaban J connectivity index is 1.74. The molecule has 3 heterocycles. The number of carbonyl (C=O) groups excluding carboxylic acids is 1. The van der Waals surface area contributed by atoms with Crippen LogP contribution in [0.5, 0.6) is 0 Å². The molecule has 0 aliphatic carbocycles. The summed E-state index contributed by atoms with van der Waals surface area (Å²) < 4.78 is 0. The normalized spacial score (nSPS) is 18.8. The van der Waals surface area contributed by atoms with E-state index in [1.165, 1.54) is 6.92 Å². The van der Waals surface area contributed by atoms with E-state index in [1.807, 2.05) is 49.4 Å². The molecule has 1 saturated heterocycles. The van der Waals surface area contributed by atoms with Gasteiger partial charge in [-0.25, -0.2) is 0 Å². The van der Waals surface area contributed by atoms with Gasteiger partial charge in [-0.15, -0.1) is 0 Å². The molecule has 3 N–H and O–H groups in total. The van der Waals surface area contributed by atoms with Gasteiger partial charge in [0.05, 0.1) is 11.7 Å². The number of H-pyrrole nitrogens is 1. The summed E-state index contributed by atoms with van der Waals surface area (Å²) in [6.45, 7) is 3.53. The molecule has 0 bridgehead atoms. The number of rotatable bonds is 4. The minimum absolute atomic E-state index is 0.0669. The van der Waals surface area contributed by atoms with Crippen molar-refractivity contribution in [3.8, 4) is 0 Å². The van der Waals surface area contributed by atoms with Gasteiger partial charge in [-0.1, -0.05) is 6.07 Å². The van der Waals surface area contributed by atoms with E-state index in [4.69, 9.17) is 12.2 Å². The van der Waals surface area contributed by atoms with Crippen LogP contribution in [0.25, 0.3) is 0 Å². The second kappa shape index (κ2) is 7.44. The van der Waals surface area contributed by atoms with Crippen molar-refractivity contribution < 1.29 is 4.79 Å². The molecule has 4 rings (SSSR count). The largest absolute Gasteiger partial charge is 0.361 e. The molecule has 7 heteroatoms. The first-order valence-corrected chi connectivity index (χ1v) is 9.47. The first kappa shape index (κ1) is 18.2. The zero-order valence-electron chi connectivity index (χ0n) is 15.6. The standard InChI is InChI=1S/C21H21N5OS/c1-13-6-11-18(23-13)20-19(17-5-3-4-12-22-17)25-21(28)26(20)16-9-7-15(8-10-16)24-14(2)27/h3-12,19-20,23H,1-2H3,(H,24,27)(H,25,28)/t19-,20+/m0/s1. The maximum absolute atomic E-state index is 11.3. The number of amides is 1. The summed E-state index contributed by atoms with van der Waals surface area (Å²) in [5.74, 6) is -0.0962. The Bertz CT molecular complexity index is 999. The Kier molecular flexibility index (Phi) is 4.83. The van der Waals surface area contributed by atoms with Gasteiger partial charge < -0.3 is 20.5 Å². The first-order chi connectivity index (χ1) is 13.5. The highest BCUT2D eigenvalue weighted by atomic mass is 32.1. The molecular weight excluding hydrogens is 370 g/mol. The highest BCUT2D eigenvalue weighted by molar-refractivity contribution is 7.80. The van der Waals surface area contributed by atoms with E-state index in [9.17, 15) is 4.79 Å². The number of carbonyl (C=O) groups is 1. The molecule has 1 aliphatic rings. The Morgan fingerprint density at radius 1 is 1.14 bits per heavy atom. The zero-order valence-corrected chi connectivity index (χ0v) is 16.5. The van der Waals surface area contributed by atoms with Crippen molar-refractivity contribution in [1.29, 1.82) is 0 Å². The van der Waals surface area contributed by atoms with Crippen molar-refractivity contribution in [1.82, 2.24) is 15.3 Å². The molecule has 1 aromatic carbocycles. The van der Waals surface area contributed by atoms with Gasteiger partial charge in [0.2, 0.25) is 5.91 Å². The third kappa shape index (κ3) is 3.48. The average molecular weight is 392 g/mol. The molecule has 3 aromatic rings. The molecule has 28 heavy (non-hydrogen) atoms. The highest BCUT2D eigenvalue weighted by Gasteiger charge is 2.41. The minimum atomic E-state index is -0.0962. The number of hydrogen-bond donors (Lipinski definition) is 3. The Morgan fingerprint density at radius 3 is 2.54 bits per heavy atom. The number of aromatic amines is 1. The second-order valence-corrected chi connectivity index (χ2v) is 7.21. The predicted molar refractivity (Wildman–Crippen MR) is 114 cm³/mol. The summed E-state index contributed by atoms with van der Waals surface area (Å²) in [6, 6.07) is 17.6. The smallest absolute Gasteiger partial charge is 0.221 e. The van der Waals surface area contributed by atoms with Crippen molar-refractivity contribution in [2.45, 2.75) is 25.9 Å². The van der Waals surface area contributed by atoms with E-state index in [0.29, 0.717) is 5.11 Å². The molecule has 0 saturated carbocycles. The van der Waals surface area contributed by atoms with Crippen LogP contribution in [0.4, 0.5) is 11.4 Å². The van der Waals surface area contributed by atoms with Crippen LogP contribution >= 0.6 is 12.2 Å². The van der Waals surface area contributed by atoms with Gasteiger partial charge >= 0.3 is 0 Å². The lowest BCUT2D eigenvalue weighted by Gasteiger charge is -2.27. The number of benzene rings is 1. The molecule has 1 aliphatic heterocycles. The number of pyridine rings is 1. The third-order valence-electron chi connectivity index (χ3n) is 4.74. The fraction of sp³-hybridized carbons (Fsp3) is 0.190. The summed E-state index contributed by atoms with van der Waals surface area (Å²) in [7, 11) is 0. The number of aromatic nitrogens is 2. The number of thiocarbonyl (C=S) groups is 1. The summed E-state index contributed by atoms with van der Waals surface area (Å²) in [5, 5.41) is 6.86. The van der Waals surface area contributed by atoms with Gasteiger partial charge in [0, 0.05) is 35.9 Å². The van der Waals surface area contributed by atoms with E-state index >= 15 is 0 Å². The number of nitrogens with one attached hydrogen (secondary N) is 3. The lowest BCUT2D eigenvalue weighted by atomic mass is 10.0. The van der Waals surface area contributed by atoms with Crippen LogP contribution in [0.2, 0.25) is 0 Å². The summed E-state index contributed by atoms with van der Waals surface area (Å²) in [6.07, 6.45) is 1.79. The third-order valence-corrected chi connectivity index (χ3v) is 5.05. The van der Waals surface area contributed by atoms with Gasteiger partial charge in [0.1, 0.15) is 6.04 Å². The van der Waals surface area contributed by atoms with Crippen molar-refractivity contribution >= 4 is 34.6 Å². The van der Waals surface area contributed by atoms with Crippen LogP contribution in [0.3, 0.4) is 0 Å². The Hall–Kier alpha value is -3.19. The summed E-state index contributed by atoms with van der Waals surface area (Å²) in [4.78, 5) is 21.4. The van der Waals surface area contributed by atoms with E-state index in [2.05, 4.69) is 37.6 Å². The van der Waals surface area contributed by atoms with Crippen molar-refractivity contribution in [3.05, 3.63) is 77.9 Å². The van der Waals surface area contributed by atoms with Crippen LogP contribution in [0.1, 0.15) is 36.1 Å². The van der Waals surface area contributed by atoms with E-state index < -0.39 is 0 Å². The molecule has 0 unspecified atom stereocenters. The van der Waals surface area contributed by atoms with Crippen LogP contribution in [-0.4, -0.2) is 21.0 Å². The molecule has 0 spiro atoms.